The summed E-state index contributed by atoms with van der Waals surface area (Å²) in [5, 5.41) is 0. The largest absolute Gasteiger partial charge is 0.490 e. The summed E-state index contributed by atoms with van der Waals surface area (Å²) in [6.07, 6.45) is 5.82. The fraction of sp³-hybridized carbons (Fsp3) is 0.0741. The van der Waals surface area contributed by atoms with Crippen LogP contribution in [0.15, 0.2) is 97.1 Å². The normalized spacial score (nSPS) is 13.0. The smallest absolute Gasteiger partial charge is 0.258 e. The first-order chi connectivity index (χ1) is 16.1. The Labute approximate surface area is 191 Å². The summed E-state index contributed by atoms with van der Waals surface area (Å²) in [7, 11) is 0. The Hall–Kier alpha value is -4.45. The van der Waals surface area contributed by atoms with Crippen molar-refractivity contribution in [1.82, 2.24) is 0 Å². The lowest BCUT2D eigenvalue weighted by Crippen LogP contribution is -2.29. The van der Waals surface area contributed by atoms with E-state index in [2.05, 4.69) is 0 Å². The topological polar surface area (TPSA) is 72.9 Å². The van der Waals surface area contributed by atoms with Crippen molar-refractivity contribution < 1.29 is 23.9 Å². The van der Waals surface area contributed by atoms with E-state index in [0.29, 0.717) is 36.0 Å². The molecule has 6 nitrogen and oxygen atoms in total. The molecule has 0 aliphatic carbocycles. The van der Waals surface area contributed by atoms with Gasteiger partial charge in [0.15, 0.2) is 5.78 Å². The molecule has 3 aromatic carbocycles. The third kappa shape index (κ3) is 5.62. The van der Waals surface area contributed by atoms with Gasteiger partial charge in [-0.1, -0.05) is 48.5 Å². The van der Waals surface area contributed by atoms with Crippen LogP contribution in [0.25, 0.3) is 6.08 Å². The molecular formula is C27H21NO5. The van der Waals surface area contributed by atoms with Gasteiger partial charge in [0.2, 0.25) is 0 Å². The van der Waals surface area contributed by atoms with Gasteiger partial charge in [-0.25, -0.2) is 4.90 Å². The quantitative estimate of drug-likeness (QED) is 0.213. The van der Waals surface area contributed by atoms with Crippen LogP contribution in [0.2, 0.25) is 0 Å². The minimum absolute atomic E-state index is 0.0450. The molecule has 0 saturated carbocycles. The minimum atomic E-state index is -0.355. The molecule has 0 N–H and O–H groups in total. The number of rotatable bonds is 9. The van der Waals surface area contributed by atoms with E-state index in [1.807, 2.05) is 42.5 Å². The number of allylic oxidation sites excluding steroid dienone is 1. The number of ketones is 1. The second-order valence-corrected chi connectivity index (χ2v) is 7.17. The van der Waals surface area contributed by atoms with Crippen molar-refractivity contribution in [1.29, 1.82) is 0 Å². The molecule has 1 heterocycles. The predicted octanol–water partition coefficient (Wildman–Crippen LogP) is 4.47. The van der Waals surface area contributed by atoms with Gasteiger partial charge in [-0.05, 0) is 48.0 Å². The van der Waals surface area contributed by atoms with E-state index in [4.69, 9.17) is 9.47 Å². The number of carbonyl (C=O) groups is 3. The molecule has 164 valence electrons. The maximum atomic E-state index is 12.1. The number of ether oxygens (including phenoxy) is 2. The Morgan fingerprint density at radius 2 is 1.27 bits per heavy atom. The SMILES string of the molecule is O=C(/C=C/c1ccc(OCCOc2ccc(N3C(=O)C=CC3=O)cc2)cc1)c1ccccc1. The average molecular weight is 439 g/mol. The van der Waals surface area contributed by atoms with Crippen LogP contribution in [0.4, 0.5) is 5.69 Å². The number of anilines is 1. The molecule has 0 atom stereocenters. The van der Waals surface area contributed by atoms with Crippen molar-refractivity contribution >= 4 is 29.4 Å². The zero-order valence-corrected chi connectivity index (χ0v) is 17.7. The van der Waals surface area contributed by atoms with Crippen molar-refractivity contribution in [2.24, 2.45) is 0 Å². The molecule has 0 saturated heterocycles. The molecule has 0 unspecified atom stereocenters. The van der Waals surface area contributed by atoms with Crippen LogP contribution in [0.5, 0.6) is 11.5 Å². The molecule has 0 bridgehead atoms. The molecular weight excluding hydrogens is 418 g/mol. The monoisotopic (exact) mass is 439 g/mol. The lowest BCUT2D eigenvalue weighted by Gasteiger charge is -2.14. The van der Waals surface area contributed by atoms with Crippen molar-refractivity contribution in [3.05, 3.63) is 108 Å². The second-order valence-electron chi connectivity index (χ2n) is 7.17. The Balaban J connectivity index is 1.22. The van der Waals surface area contributed by atoms with Crippen LogP contribution < -0.4 is 14.4 Å². The summed E-state index contributed by atoms with van der Waals surface area (Å²) < 4.78 is 11.3. The number of hydrogen-bond donors (Lipinski definition) is 0. The lowest BCUT2D eigenvalue weighted by molar-refractivity contribution is -0.119. The van der Waals surface area contributed by atoms with Crippen molar-refractivity contribution in [2.45, 2.75) is 0 Å². The molecule has 33 heavy (non-hydrogen) atoms. The number of benzene rings is 3. The highest BCUT2D eigenvalue weighted by Gasteiger charge is 2.24. The molecule has 0 spiro atoms. The predicted molar refractivity (Wildman–Crippen MR) is 125 cm³/mol. The number of hydrogen-bond acceptors (Lipinski definition) is 5. The Bertz CT molecular complexity index is 1180. The molecule has 0 aromatic heterocycles. The third-order valence-electron chi connectivity index (χ3n) is 4.89. The maximum absolute atomic E-state index is 12.1. The van der Waals surface area contributed by atoms with Crippen molar-refractivity contribution in [3.63, 3.8) is 0 Å². The standard InChI is InChI=1S/C27H21NO5/c29-25(21-4-2-1-3-5-21)15-8-20-6-11-23(12-7-20)32-18-19-33-24-13-9-22(10-14-24)28-26(30)16-17-27(28)31/h1-17H,18-19H2/b15-8+. The van der Waals surface area contributed by atoms with Gasteiger partial charge in [0.25, 0.3) is 11.8 Å². The number of carbonyl (C=O) groups excluding carboxylic acids is 3. The maximum Gasteiger partial charge on any atom is 0.258 e. The van der Waals surface area contributed by atoms with Gasteiger partial charge in [0.1, 0.15) is 24.7 Å². The van der Waals surface area contributed by atoms with Gasteiger partial charge in [0.05, 0.1) is 5.69 Å². The van der Waals surface area contributed by atoms with Crippen molar-refractivity contribution in [2.75, 3.05) is 18.1 Å². The van der Waals surface area contributed by atoms with E-state index in [1.54, 1.807) is 48.6 Å². The van der Waals surface area contributed by atoms with Crippen LogP contribution in [-0.4, -0.2) is 30.8 Å². The van der Waals surface area contributed by atoms with Gasteiger partial charge in [-0.15, -0.1) is 0 Å². The van der Waals surface area contributed by atoms with E-state index in [0.717, 1.165) is 10.5 Å². The summed E-state index contributed by atoms with van der Waals surface area (Å²) in [5.74, 6) is 0.547. The van der Waals surface area contributed by atoms with Crippen LogP contribution in [0.3, 0.4) is 0 Å². The summed E-state index contributed by atoms with van der Waals surface area (Å²) in [5.41, 5.74) is 2.05. The lowest BCUT2D eigenvalue weighted by atomic mass is 10.1. The first-order valence-corrected chi connectivity index (χ1v) is 10.4. The Kier molecular flexibility index (Phi) is 6.75. The highest BCUT2D eigenvalue weighted by molar-refractivity contribution is 6.28. The number of nitrogens with zero attached hydrogens (tertiary/aromatic N) is 1. The van der Waals surface area contributed by atoms with Gasteiger partial charge in [-0.3, -0.25) is 14.4 Å². The van der Waals surface area contributed by atoms with Crippen molar-refractivity contribution in [3.8, 4) is 11.5 Å². The van der Waals surface area contributed by atoms with Gasteiger partial charge < -0.3 is 9.47 Å². The summed E-state index contributed by atoms with van der Waals surface area (Å²) in [4.78, 5) is 36.7. The summed E-state index contributed by atoms with van der Waals surface area (Å²) in [6.45, 7) is 0.673. The van der Waals surface area contributed by atoms with E-state index in [1.165, 1.54) is 12.2 Å². The fourth-order valence-corrected chi connectivity index (χ4v) is 3.21. The van der Waals surface area contributed by atoms with Crippen LogP contribution in [-0.2, 0) is 9.59 Å². The molecule has 0 fully saturated rings. The number of imide groups is 1. The highest BCUT2D eigenvalue weighted by atomic mass is 16.5. The van der Waals surface area contributed by atoms with E-state index in [-0.39, 0.29) is 17.6 Å². The highest BCUT2D eigenvalue weighted by Crippen LogP contribution is 2.22. The van der Waals surface area contributed by atoms with E-state index < -0.39 is 0 Å². The van der Waals surface area contributed by atoms with Crippen LogP contribution >= 0.6 is 0 Å². The third-order valence-corrected chi connectivity index (χ3v) is 4.89. The van der Waals surface area contributed by atoms with Gasteiger partial charge in [0, 0.05) is 17.7 Å². The summed E-state index contributed by atoms with van der Waals surface area (Å²) in [6, 6.07) is 23.3. The minimum Gasteiger partial charge on any atom is -0.490 e. The molecule has 4 rings (SSSR count). The fourth-order valence-electron chi connectivity index (χ4n) is 3.21. The zero-order chi connectivity index (χ0) is 23.0. The molecule has 3 aromatic rings. The average Bonchev–Trinajstić information content (AvgIpc) is 3.19. The molecule has 2 amide bonds. The molecule has 6 heteroatoms. The van der Waals surface area contributed by atoms with E-state index >= 15 is 0 Å². The Morgan fingerprint density at radius 1 is 0.727 bits per heavy atom. The number of amides is 2. The van der Waals surface area contributed by atoms with Gasteiger partial charge >= 0.3 is 0 Å². The molecule has 0 radical (unpaired) electrons. The van der Waals surface area contributed by atoms with Crippen LogP contribution in [0, 0.1) is 0 Å². The molecule has 1 aliphatic rings. The first kappa shape index (κ1) is 21.8. The first-order valence-electron chi connectivity index (χ1n) is 10.4. The van der Waals surface area contributed by atoms with Crippen LogP contribution in [0.1, 0.15) is 15.9 Å². The second kappa shape index (κ2) is 10.2. The van der Waals surface area contributed by atoms with Gasteiger partial charge in [-0.2, -0.15) is 0 Å². The molecule has 1 aliphatic heterocycles. The Morgan fingerprint density at radius 3 is 1.85 bits per heavy atom. The zero-order valence-electron chi connectivity index (χ0n) is 17.7. The summed E-state index contributed by atoms with van der Waals surface area (Å²) >= 11 is 0. The van der Waals surface area contributed by atoms with E-state index in [9.17, 15) is 14.4 Å².